The van der Waals surface area contributed by atoms with Crippen molar-refractivity contribution in [1.29, 1.82) is 0 Å². The van der Waals surface area contributed by atoms with Gasteiger partial charge in [-0.3, -0.25) is 0 Å². The molecule has 0 bridgehead atoms. The van der Waals surface area contributed by atoms with Gasteiger partial charge in [-0.25, -0.2) is 0 Å². The van der Waals surface area contributed by atoms with Gasteiger partial charge in [0, 0.05) is 20.2 Å². The minimum atomic E-state index is 0.176. The Balaban J connectivity index is 2.02. The van der Waals surface area contributed by atoms with E-state index >= 15 is 0 Å². The Hall–Kier alpha value is -1.63. The zero-order valence-electron chi connectivity index (χ0n) is 11.5. The Labute approximate surface area is 113 Å². The predicted octanol–water partition coefficient (Wildman–Crippen LogP) is 0.858. The molecule has 2 heterocycles. The summed E-state index contributed by atoms with van der Waals surface area (Å²) in [5.74, 6) is 0.699. The van der Waals surface area contributed by atoms with Crippen LogP contribution < -0.4 is 15.4 Å². The summed E-state index contributed by atoms with van der Waals surface area (Å²) in [5.41, 5.74) is 5.68. The molecular formula is C12H21N5O2. The van der Waals surface area contributed by atoms with Gasteiger partial charge >= 0.3 is 6.01 Å². The van der Waals surface area contributed by atoms with E-state index in [9.17, 15) is 0 Å². The van der Waals surface area contributed by atoms with Crippen LogP contribution in [0.15, 0.2) is 0 Å². The third-order valence-electron chi connectivity index (χ3n) is 2.90. The van der Waals surface area contributed by atoms with Crippen molar-refractivity contribution in [3.63, 3.8) is 0 Å². The molecule has 0 spiro atoms. The van der Waals surface area contributed by atoms with Crippen LogP contribution in [0.5, 0.6) is 6.01 Å². The molecule has 0 aromatic carbocycles. The molecule has 0 amide bonds. The number of nitrogens with zero attached hydrogens (tertiary/aromatic N) is 4. The molecular weight excluding hydrogens is 246 g/mol. The minimum Gasteiger partial charge on any atom is -0.463 e. The lowest BCUT2D eigenvalue weighted by atomic mass is 10.2. The molecule has 106 valence electrons. The molecule has 2 N–H and O–H groups in total. The van der Waals surface area contributed by atoms with E-state index in [2.05, 4.69) is 15.0 Å². The molecule has 0 radical (unpaired) electrons. The quantitative estimate of drug-likeness (QED) is 0.817. The SMILES string of the molecule is CCCOc1nc(N)nc(N(C)CC2CCCO2)n1. The largest absolute Gasteiger partial charge is 0.463 e. The van der Waals surface area contributed by atoms with Gasteiger partial charge in [0.25, 0.3) is 0 Å². The lowest BCUT2D eigenvalue weighted by molar-refractivity contribution is 0.116. The number of rotatable bonds is 6. The van der Waals surface area contributed by atoms with Gasteiger partial charge in [-0.2, -0.15) is 15.0 Å². The summed E-state index contributed by atoms with van der Waals surface area (Å²) < 4.78 is 11.0. The summed E-state index contributed by atoms with van der Waals surface area (Å²) in [6.07, 6.45) is 3.32. The van der Waals surface area contributed by atoms with Crippen molar-refractivity contribution in [3.05, 3.63) is 0 Å². The van der Waals surface area contributed by atoms with E-state index < -0.39 is 0 Å². The van der Waals surface area contributed by atoms with E-state index in [1.54, 1.807) is 0 Å². The highest BCUT2D eigenvalue weighted by molar-refractivity contribution is 5.35. The second kappa shape index (κ2) is 6.51. The normalized spacial score (nSPS) is 18.5. The highest BCUT2D eigenvalue weighted by atomic mass is 16.5. The number of aromatic nitrogens is 3. The van der Waals surface area contributed by atoms with Crippen LogP contribution in [0.1, 0.15) is 26.2 Å². The zero-order valence-corrected chi connectivity index (χ0v) is 11.5. The Morgan fingerprint density at radius 3 is 2.95 bits per heavy atom. The van der Waals surface area contributed by atoms with Gasteiger partial charge in [0.05, 0.1) is 12.7 Å². The Kier molecular flexibility index (Phi) is 4.73. The molecule has 0 aliphatic carbocycles. The van der Waals surface area contributed by atoms with Crippen LogP contribution in [0.4, 0.5) is 11.9 Å². The van der Waals surface area contributed by atoms with Crippen LogP contribution in [-0.4, -0.2) is 47.9 Å². The van der Waals surface area contributed by atoms with Crippen LogP contribution in [-0.2, 0) is 4.74 Å². The lowest BCUT2D eigenvalue weighted by Crippen LogP contribution is -2.30. The maximum atomic E-state index is 5.68. The van der Waals surface area contributed by atoms with Gasteiger partial charge in [-0.05, 0) is 19.3 Å². The second-order valence-electron chi connectivity index (χ2n) is 4.64. The highest BCUT2D eigenvalue weighted by Crippen LogP contribution is 2.17. The van der Waals surface area contributed by atoms with Crippen molar-refractivity contribution in [1.82, 2.24) is 15.0 Å². The summed E-state index contributed by atoms with van der Waals surface area (Å²) in [4.78, 5) is 14.3. The molecule has 1 aromatic rings. The Morgan fingerprint density at radius 2 is 2.26 bits per heavy atom. The summed E-state index contributed by atoms with van der Waals surface area (Å²) in [5, 5.41) is 0. The predicted molar refractivity (Wildman–Crippen MR) is 72.3 cm³/mol. The third kappa shape index (κ3) is 3.92. The molecule has 1 aliphatic heterocycles. The van der Waals surface area contributed by atoms with E-state index in [4.69, 9.17) is 15.2 Å². The molecule has 1 aliphatic rings. The molecule has 0 saturated carbocycles. The lowest BCUT2D eigenvalue weighted by Gasteiger charge is -2.20. The highest BCUT2D eigenvalue weighted by Gasteiger charge is 2.19. The van der Waals surface area contributed by atoms with E-state index in [1.807, 2.05) is 18.9 Å². The third-order valence-corrected chi connectivity index (χ3v) is 2.90. The summed E-state index contributed by atoms with van der Waals surface area (Å²) >= 11 is 0. The van der Waals surface area contributed by atoms with Crippen molar-refractivity contribution in [2.45, 2.75) is 32.3 Å². The summed E-state index contributed by atoms with van der Waals surface area (Å²) in [7, 11) is 1.92. The molecule has 7 nitrogen and oxygen atoms in total. The number of anilines is 2. The van der Waals surface area contributed by atoms with E-state index in [-0.39, 0.29) is 18.1 Å². The van der Waals surface area contributed by atoms with Crippen LogP contribution in [0, 0.1) is 0 Å². The smallest absolute Gasteiger partial charge is 0.323 e. The molecule has 1 atom stereocenters. The van der Waals surface area contributed by atoms with E-state index in [1.165, 1.54) is 0 Å². The van der Waals surface area contributed by atoms with Crippen molar-refractivity contribution < 1.29 is 9.47 Å². The fourth-order valence-electron chi connectivity index (χ4n) is 1.97. The van der Waals surface area contributed by atoms with Crippen LogP contribution in [0.3, 0.4) is 0 Å². The van der Waals surface area contributed by atoms with Crippen molar-refractivity contribution in [3.8, 4) is 6.01 Å². The molecule has 7 heteroatoms. The molecule has 2 rings (SSSR count). The summed E-state index contributed by atoms with van der Waals surface area (Å²) in [6.45, 7) is 4.17. The maximum absolute atomic E-state index is 5.68. The number of likely N-dealkylation sites (N-methyl/N-ethyl adjacent to an activating group) is 1. The van der Waals surface area contributed by atoms with Gasteiger partial charge in [0.2, 0.25) is 11.9 Å². The van der Waals surface area contributed by atoms with Crippen LogP contribution in [0.2, 0.25) is 0 Å². The first-order valence-corrected chi connectivity index (χ1v) is 6.66. The average Bonchev–Trinajstić information content (AvgIpc) is 2.88. The Bertz CT molecular complexity index is 409. The van der Waals surface area contributed by atoms with Crippen molar-refractivity contribution in [2.75, 3.05) is 37.4 Å². The number of nitrogens with two attached hydrogens (primary N) is 1. The van der Waals surface area contributed by atoms with Crippen molar-refractivity contribution in [2.24, 2.45) is 0 Å². The second-order valence-corrected chi connectivity index (χ2v) is 4.64. The van der Waals surface area contributed by atoms with Crippen LogP contribution in [0.25, 0.3) is 0 Å². The first kappa shape index (κ1) is 13.8. The molecule has 1 unspecified atom stereocenters. The van der Waals surface area contributed by atoms with Gasteiger partial charge in [0.1, 0.15) is 0 Å². The number of hydrogen-bond acceptors (Lipinski definition) is 7. The van der Waals surface area contributed by atoms with E-state index in [0.717, 1.165) is 32.4 Å². The Morgan fingerprint density at radius 1 is 1.42 bits per heavy atom. The molecule has 1 fully saturated rings. The number of nitrogen functional groups attached to an aromatic ring is 1. The van der Waals surface area contributed by atoms with Crippen molar-refractivity contribution >= 4 is 11.9 Å². The fraction of sp³-hybridized carbons (Fsp3) is 0.750. The maximum Gasteiger partial charge on any atom is 0.323 e. The van der Waals surface area contributed by atoms with E-state index in [0.29, 0.717) is 12.6 Å². The first-order chi connectivity index (χ1) is 9.19. The molecule has 1 saturated heterocycles. The number of ether oxygens (including phenoxy) is 2. The average molecular weight is 267 g/mol. The van der Waals surface area contributed by atoms with Gasteiger partial charge < -0.3 is 20.1 Å². The summed E-state index contributed by atoms with van der Waals surface area (Å²) in [6, 6.07) is 0.281. The minimum absolute atomic E-state index is 0.176. The monoisotopic (exact) mass is 267 g/mol. The van der Waals surface area contributed by atoms with Crippen LogP contribution >= 0.6 is 0 Å². The van der Waals surface area contributed by atoms with Gasteiger partial charge in [-0.15, -0.1) is 0 Å². The van der Waals surface area contributed by atoms with Gasteiger partial charge in [0.15, 0.2) is 0 Å². The van der Waals surface area contributed by atoms with Gasteiger partial charge in [-0.1, -0.05) is 6.92 Å². The first-order valence-electron chi connectivity index (χ1n) is 6.66. The fourth-order valence-corrected chi connectivity index (χ4v) is 1.97. The topological polar surface area (TPSA) is 86.4 Å². The molecule has 1 aromatic heterocycles. The number of hydrogen-bond donors (Lipinski definition) is 1. The zero-order chi connectivity index (χ0) is 13.7. The molecule has 19 heavy (non-hydrogen) atoms. The standard InChI is InChI=1S/C12H21N5O2/c1-3-6-19-12-15-10(13)14-11(16-12)17(2)8-9-5-4-7-18-9/h9H,3-8H2,1-2H3,(H2,13,14,15,16).